The minimum Gasteiger partial charge on any atom is -0.0804 e. The summed E-state index contributed by atoms with van der Waals surface area (Å²) < 4.78 is 0. The fourth-order valence-electron chi connectivity index (χ4n) is 26.5. The van der Waals surface area contributed by atoms with Crippen LogP contribution in [0, 0.1) is 11.8 Å². The monoisotopic (exact) mass is 850 g/mol. The standard InChI is InChI=1S/C70H10/c1-2-8-4-3-7(1)9-5-69-65-57-49-39-29-21-13-11-12-15-19-17(13)25-33-27(19)37-31-23(15)24-16(12)20-18-14(11)22(21)30-36-26(18)34-28(20)38-32(24)42-41(31)51-45(37)55-47(33)53(43(49)35(25)29)61(65)63(55)67-59(51)60-52(42)46(38)56-48(34)54-44(36)50(40(30)39)58(57)66(69)62(54)64(56)68(60)70(67,69)6-10(8)9/h1-2,5-8H,3-4H2/t7-,8+,69?,70?. The van der Waals surface area contributed by atoms with E-state index in [9.17, 15) is 0 Å². The first-order valence-electron chi connectivity index (χ1n) is 26.8. The van der Waals surface area contributed by atoms with Gasteiger partial charge in [-0.3, -0.25) is 0 Å². The molecule has 0 heterocycles. The molecule has 2 atom stereocenters. The molecule has 0 nitrogen and oxygen atoms in total. The zero-order chi connectivity index (χ0) is 41.0. The molecule has 0 aromatic heterocycles. The SMILES string of the molecule is C1=C[C@H]2CC[C@@H]1C1=CC34c5c6c7c8c9c%10c(c%11c%12c3c3c5c5c%13c6c6c7c7c9c9c%14c%10c%10c%11c%11c%12c%12c3c3c5c5c%13c%13c6c6c7c9c7c9c%14c%10c%10c%11c%11c%12c3c3c5c5c%13c6c7c6c9c%10c%11c3c56)C84C=C12. The molecule has 28 aromatic carbocycles. The van der Waals surface area contributed by atoms with E-state index < -0.39 is 0 Å². The van der Waals surface area contributed by atoms with E-state index in [2.05, 4.69) is 24.3 Å². The van der Waals surface area contributed by atoms with Gasteiger partial charge in [-0.05, 0) is 337 Å². The first kappa shape index (κ1) is 25.3. The lowest BCUT2D eigenvalue weighted by Crippen LogP contribution is -2.52. The average Bonchev–Trinajstić information content (AvgIpc) is 4.26. The smallest absolute Gasteiger partial charge is 0.0586 e. The lowest BCUT2D eigenvalue weighted by molar-refractivity contribution is 0.413. The van der Waals surface area contributed by atoms with Crippen LogP contribution in [0.3, 0.4) is 0 Å². The molecule has 36 rings (SSSR count). The van der Waals surface area contributed by atoms with E-state index >= 15 is 0 Å². The van der Waals surface area contributed by atoms with Gasteiger partial charge in [0.15, 0.2) is 0 Å². The van der Waals surface area contributed by atoms with Crippen molar-refractivity contribution in [2.24, 2.45) is 11.8 Å². The number of hydrogen-bond acceptors (Lipinski definition) is 0. The topological polar surface area (TPSA) is 0 Å². The first-order valence-corrected chi connectivity index (χ1v) is 26.8. The van der Waals surface area contributed by atoms with Gasteiger partial charge in [-0.1, -0.05) is 24.3 Å². The summed E-state index contributed by atoms with van der Waals surface area (Å²) >= 11 is 0. The van der Waals surface area contributed by atoms with E-state index in [1.807, 2.05) is 0 Å². The summed E-state index contributed by atoms with van der Waals surface area (Å²) in [5, 5.41) is 91.1. The number of benzene rings is 18. The van der Waals surface area contributed by atoms with Crippen molar-refractivity contribution in [3.8, 4) is 0 Å². The third-order valence-electron chi connectivity index (χ3n) is 26.7. The van der Waals surface area contributed by atoms with Crippen molar-refractivity contribution in [3.63, 3.8) is 0 Å². The second-order valence-electron chi connectivity index (χ2n) is 26.7. The summed E-state index contributed by atoms with van der Waals surface area (Å²) in [6, 6.07) is 0. The van der Waals surface area contributed by atoms with Crippen LogP contribution in [-0.2, 0) is 10.8 Å². The van der Waals surface area contributed by atoms with Gasteiger partial charge in [0.2, 0.25) is 0 Å². The fourth-order valence-corrected chi connectivity index (χ4v) is 26.5. The van der Waals surface area contributed by atoms with Crippen LogP contribution in [0.1, 0.15) is 35.1 Å². The maximum Gasteiger partial charge on any atom is 0.0586 e. The van der Waals surface area contributed by atoms with Gasteiger partial charge in [0.1, 0.15) is 0 Å². The van der Waals surface area contributed by atoms with Crippen molar-refractivity contribution < 1.29 is 0 Å². The number of hydrogen-bond donors (Lipinski definition) is 0. The molecule has 70 heavy (non-hydrogen) atoms. The molecule has 28 aromatic rings. The highest BCUT2D eigenvalue weighted by Gasteiger charge is 2.70. The van der Waals surface area contributed by atoms with E-state index in [-0.39, 0.29) is 10.8 Å². The van der Waals surface area contributed by atoms with Gasteiger partial charge in [-0.15, -0.1) is 0 Å². The van der Waals surface area contributed by atoms with Crippen molar-refractivity contribution in [2.75, 3.05) is 0 Å². The summed E-state index contributed by atoms with van der Waals surface area (Å²) in [5.41, 5.74) is 9.91. The van der Waals surface area contributed by atoms with E-state index in [1.165, 1.54) is 12.8 Å². The molecular formula is C70H10. The molecule has 0 amide bonds. The summed E-state index contributed by atoms with van der Waals surface area (Å²) in [7, 11) is 0. The van der Waals surface area contributed by atoms with Crippen LogP contribution in [0.25, 0.3) is 291 Å². The van der Waals surface area contributed by atoms with E-state index in [0.29, 0.717) is 11.8 Å². The highest BCUT2D eigenvalue weighted by molar-refractivity contribution is 6.82. The van der Waals surface area contributed by atoms with Crippen LogP contribution in [0.5, 0.6) is 0 Å². The third-order valence-corrected chi connectivity index (χ3v) is 26.7. The summed E-state index contributed by atoms with van der Waals surface area (Å²) in [6.45, 7) is 0. The zero-order valence-corrected chi connectivity index (χ0v) is 35.9. The Labute approximate surface area is 382 Å². The molecule has 0 N–H and O–H groups in total. The largest absolute Gasteiger partial charge is 0.0804 e. The van der Waals surface area contributed by atoms with Crippen molar-refractivity contribution >= 4 is 291 Å². The molecule has 8 aliphatic rings. The van der Waals surface area contributed by atoms with Gasteiger partial charge in [-0.2, -0.15) is 0 Å². The summed E-state index contributed by atoms with van der Waals surface area (Å²) in [4.78, 5) is 0. The van der Waals surface area contributed by atoms with Crippen LogP contribution < -0.4 is 0 Å². The lowest BCUT2D eigenvalue weighted by Gasteiger charge is -2.56. The maximum absolute atomic E-state index is 3.12. The van der Waals surface area contributed by atoms with E-state index in [1.54, 1.807) is 324 Å². The normalized spacial score (nSPS) is 26.1. The van der Waals surface area contributed by atoms with Crippen molar-refractivity contribution in [2.45, 2.75) is 23.7 Å². The molecule has 290 valence electrons. The summed E-state index contributed by atoms with van der Waals surface area (Å²) in [5.74, 6) is 1.02. The van der Waals surface area contributed by atoms with Gasteiger partial charge < -0.3 is 0 Å². The Morgan fingerprint density at radius 3 is 0.443 bits per heavy atom. The Morgan fingerprint density at radius 2 is 0.314 bits per heavy atom. The highest BCUT2D eigenvalue weighted by Crippen LogP contribution is 2.85. The first-order chi connectivity index (χ1) is 34.9. The molecule has 0 saturated heterocycles. The molecule has 2 bridgehead atoms. The van der Waals surface area contributed by atoms with Gasteiger partial charge in [0.25, 0.3) is 0 Å². The van der Waals surface area contributed by atoms with Crippen molar-refractivity contribution in [1.82, 2.24) is 0 Å². The second kappa shape index (κ2) is 5.64. The predicted molar refractivity (Wildman–Crippen MR) is 295 cm³/mol. The van der Waals surface area contributed by atoms with Crippen LogP contribution in [-0.4, -0.2) is 0 Å². The predicted octanol–water partition coefficient (Wildman–Crippen LogP) is 18.8. The molecule has 0 unspecified atom stereocenters. The van der Waals surface area contributed by atoms with Crippen molar-refractivity contribution in [1.29, 1.82) is 0 Å². The molecule has 0 heteroatoms. The van der Waals surface area contributed by atoms with Crippen LogP contribution in [0.15, 0.2) is 35.5 Å². The Bertz CT molecular complexity index is 6830. The van der Waals surface area contributed by atoms with Gasteiger partial charge in [0.05, 0.1) is 10.8 Å². The van der Waals surface area contributed by atoms with Gasteiger partial charge >= 0.3 is 0 Å². The number of allylic oxidation sites excluding steroid dienone is 6. The van der Waals surface area contributed by atoms with E-state index in [4.69, 9.17) is 0 Å². The molecule has 1 saturated carbocycles. The Balaban J connectivity index is 1.18. The Morgan fingerprint density at radius 1 is 0.186 bits per heavy atom. The molecular weight excluding hydrogens is 841 g/mol. The molecule has 0 aliphatic heterocycles. The number of rotatable bonds is 0. The van der Waals surface area contributed by atoms with Gasteiger partial charge in [-0.25, -0.2) is 0 Å². The van der Waals surface area contributed by atoms with Crippen LogP contribution in [0.4, 0.5) is 0 Å². The quantitative estimate of drug-likeness (QED) is 0.105. The lowest BCUT2D eigenvalue weighted by atomic mass is 9.44. The molecule has 8 aliphatic carbocycles. The van der Waals surface area contributed by atoms with Crippen LogP contribution >= 0.6 is 0 Å². The third kappa shape index (κ3) is 1.31. The van der Waals surface area contributed by atoms with Crippen molar-refractivity contribution in [3.05, 3.63) is 57.7 Å². The van der Waals surface area contributed by atoms with E-state index in [0.717, 1.165) is 0 Å². The molecule has 2 spiro atoms. The zero-order valence-electron chi connectivity index (χ0n) is 35.9. The minimum atomic E-state index is -0.303. The molecule has 1 fully saturated rings. The molecule has 0 radical (unpaired) electrons. The highest BCUT2D eigenvalue weighted by atomic mass is 14.7. The number of fused-ring (bicyclic) bond motifs is 1. The van der Waals surface area contributed by atoms with Gasteiger partial charge in [0, 0.05) is 11.8 Å². The summed E-state index contributed by atoms with van der Waals surface area (Å²) in [6.07, 6.45) is 14.2. The maximum atomic E-state index is 3.12. The fraction of sp³-hybridized carbons (Fsp3) is 0.0857. The average molecular weight is 851 g/mol. The Hall–Kier alpha value is -8.32. The second-order valence-corrected chi connectivity index (χ2v) is 26.7. The Kier molecular flexibility index (Phi) is 2.04. The minimum absolute atomic E-state index is 0.303. The van der Waals surface area contributed by atoms with Crippen LogP contribution in [0.2, 0.25) is 0 Å².